The van der Waals surface area contributed by atoms with Crippen molar-refractivity contribution < 1.29 is 23.1 Å². The van der Waals surface area contributed by atoms with Gasteiger partial charge in [0.1, 0.15) is 0 Å². The molecule has 0 amide bonds. The standard InChI is InChI=1S/C8H14F3NO2S/c1-5(12)2-3-15-4-6(7(13)14)8(9,10)11/h5-6H,2-4,12H2,1H3,(H,13,14). The lowest BCUT2D eigenvalue weighted by Gasteiger charge is -2.15. The van der Waals surface area contributed by atoms with Crippen molar-refractivity contribution in [1.82, 2.24) is 0 Å². The third-order valence-electron chi connectivity index (χ3n) is 1.70. The maximum atomic E-state index is 12.1. The van der Waals surface area contributed by atoms with Gasteiger partial charge in [-0.25, -0.2) is 0 Å². The highest BCUT2D eigenvalue weighted by Gasteiger charge is 2.44. The van der Waals surface area contributed by atoms with Gasteiger partial charge in [-0.2, -0.15) is 24.9 Å². The predicted octanol–water partition coefficient (Wildman–Crippen LogP) is 1.72. The number of thioether (sulfide) groups is 1. The lowest BCUT2D eigenvalue weighted by molar-refractivity contribution is -0.188. The summed E-state index contributed by atoms with van der Waals surface area (Å²) in [6.45, 7) is 1.75. The van der Waals surface area contributed by atoms with Gasteiger partial charge in [-0.3, -0.25) is 4.79 Å². The van der Waals surface area contributed by atoms with Crippen molar-refractivity contribution in [1.29, 1.82) is 0 Å². The van der Waals surface area contributed by atoms with Gasteiger partial charge in [0.2, 0.25) is 0 Å². The number of carboxylic acid groups (broad SMARTS) is 1. The first-order valence-electron chi connectivity index (χ1n) is 4.38. The molecule has 0 heterocycles. The van der Waals surface area contributed by atoms with Crippen molar-refractivity contribution in [2.75, 3.05) is 11.5 Å². The Labute approximate surface area is 90.2 Å². The van der Waals surface area contributed by atoms with Crippen molar-refractivity contribution >= 4 is 17.7 Å². The Hall–Kier alpha value is -0.430. The molecule has 7 heteroatoms. The van der Waals surface area contributed by atoms with Crippen LogP contribution in [0.3, 0.4) is 0 Å². The first-order valence-corrected chi connectivity index (χ1v) is 5.53. The van der Waals surface area contributed by atoms with Crippen LogP contribution >= 0.6 is 11.8 Å². The van der Waals surface area contributed by atoms with E-state index in [0.29, 0.717) is 12.2 Å². The summed E-state index contributed by atoms with van der Waals surface area (Å²) in [5.41, 5.74) is 5.40. The fraction of sp³-hybridized carbons (Fsp3) is 0.875. The summed E-state index contributed by atoms with van der Waals surface area (Å²) < 4.78 is 36.4. The van der Waals surface area contributed by atoms with Crippen LogP contribution in [0.4, 0.5) is 13.2 Å². The Balaban J connectivity index is 3.94. The molecule has 0 radical (unpaired) electrons. The third-order valence-corrected chi connectivity index (χ3v) is 2.79. The molecular weight excluding hydrogens is 231 g/mol. The predicted molar refractivity (Wildman–Crippen MR) is 52.8 cm³/mol. The lowest BCUT2D eigenvalue weighted by atomic mass is 10.2. The SMILES string of the molecule is CC(N)CCSCC(C(=O)O)C(F)(F)F. The number of hydrogen-bond acceptors (Lipinski definition) is 3. The van der Waals surface area contributed by atoms with E-state index in [1.165, 1.54) is 0 Å². The number of carbonyl (C=O) groups is 1. The van der Waals surface area contributed by atoms with E-state index >= 15 is 0 Å². The van der Waals surface area contributed by atoms with Crippen molar-refractivity contribution in [3.63, 3.8) is 0 Å². The van der Waals surface area contributed by atoms with Crippen molar-refractivity contribution in [2.24, 2.45) is 11.7 Å². The molecule has 0 rings (SSSR count). The average molecular weight is 245 g/mol. The van der Waals surface area contributed by atoms with Crippen molar-refractivity contribution in [3.8, 4) is 0 Å². The Morgan fingerprint density at radius 3 is 2.40 bits per heavy atom. The summed E-state index contributed by atoms with van der Waals surface area (Å²) in [5.74, 6) is -4.12. The van der Waals surface area contributed by atoms with Crippen LogP contribution in [0.1, 0.15) is 13.3 Å². The van der Waals surface area contributed by atoms with Crippen LogP contribution < -0.4 is 5.73 Å². The number of rotatable bonds is 6. The summed E-state index contributed by atoms with van der Waals surface area (Å²) >= 11 is 0.964. The Kier molecular flexibility index (Phi) is 6.04. The molecule has 3 N–H and O–H groups in total. The van der Waals surface area contributed by atoms with Gasteiger partial charge in [0.05, 0.1) is 0 Å². The number of nitrogens with two attached hydrogens (primary N) is 1. The minimum atomic E-state index is -4.67. The van der Waals surface area contributed by atoms with Crippen molar-refractivity contribution in [2.45, 2.75) is 25.6 Å². The molecule has 0 bridgehead atoms. The van der Waals surface area contributed by atoms with Crippen LogP contribution in [0.2, 0.25) is 0 Å². The Morgan fingerprint density at radius 1 is 1.53 bits per heavy atom. The summed E-state index contributed by atoms with van der Waals surface area (Å²) in [4.78, 5) is 10.3. The number of alkyl halides is 3. The van der Waals surface area contributed by atoms with E-state index in [2.05, 4.69) is 0 Å². The summed E-state index contributed by atoms with van der Waals surface area (Å²) in [6, 6.07) is -0.0772. The molecule has 2 atom stereocenters. The van der Waals surface area contributed by atoms with E-state index in [1.807, 2.05) is 0 Å². The first kappa shape index (κ1) is 14.6. The van der Waals surface area contributed by atoms with Gasteiger partial charge in [-0.05, 0) is 19.1 Å². The van der Waals surface area contributed by atoms with Gasteiger partial charge < -0.3 is 10.8 Å². The summed E-state index contributed by atoms with van der Waals surface area (Å²) in [6.07, 6.45) is -4.10. The minimum Gasteiger partial charge on any atom is -0.481 e. The molecule has 0 saturated carbocycles. The fourth-order valence-electron chi connectivity index (χ4n) is 0.776. The largest absolute Gasteiger partial charge is 0.481 e. The molecule has 0 aromatic carbocycles. The molecule has 0 fully saturated rings. The quantitative estimate of drug-likeness (QED) is 0.699. The normalized spacial score (nSPS) is 16.1. The summed E-state index contributed by atoms with van der Waals surface area (Å²) in [7, 11) is 0. The number of carboxylic acids is 1. The van der Waals surface area contributed by atoms with Crippen LogP contribution in [-0.2, 0) is 4.79 Å². The van der Waals surface area contributed by atoms with Gasteiger partial charge in [0.25, 0.3) is 0 Å². The van der Waals surface area contributed by atoms with Gasteiger partial charge in [0.15, 0.2) is 5.92 Å². The van der Waals surface area contributed by atoms with Crippen molar-refractivity contribution in [3.05, 3.63) is 0 Å². The molecular formula is C8H14F3NO2S. The van der Waals surface area contributed by atoms with Gasteiger partial charge in [0, 0.05) is 11.8 Å². The Bertz CT molecular complexity index is 209. The van der Waals surface area contributed by atoms with E-state index in [-0.39, 0.29) is 6.04 Å². The zero-order valence-corrected chi connectivity index (χ0v) is 9.07. The van der Waals surface area contributed by atoms with Crippen LogP contribution in [0.5, 0.6) is 0 Å². The monoisotopic (exact) mass is 245 g/mol. The average Bonchev–Trinajstić information content (AvgIpc) is 1.99. The maximum absolute atomic E-state index is 12.1. The molecule has 0 spiro atoms. The maximum Gasteiger partial charge on any atom is 0.403 e. The molecule has 90 valence electrons. The number of halogens is 3. The van der Waals surface area contributed by atoms with Crippen LogP contribution in [0.15, 0.2) is 0 Å². The molecule has 0 aliphatic carbocycles. The first-order chi connectivity index (χ1) is 6.75. The van der Waals surface area contributed by atoms with E-state index in [9.17, 15) is 18.0 Å². The van der Waals surface area contributed by atoms with E-state index < -0.39 is 23.8 Å². The van der Waals surface area contributed by atoms with E-state index in [0.717, 1.165) is 11.8 Å². The molecule has 0 aromatic rings. The van der Waals surface area contributed by atoms with Gasteiger partial charge in [-0.15, -0.1) is 0 Å². The minimum absolute atomic E-state index is 0.0772. The molecule has 0 aliphatic rings. The van der Waals surface area contributed by atoms with Crippen LogP contribution in [-0.4, -0.2) is 34.8 Å². The smallest absolute Gasteiger partial charge is 0.403 e. The zero-order valence-electron chi connectivity index (χ0n) is 8.25. The van der Waals surface area contributed by atoms with Crippen LogP contribution in [0.25, 0.3) is 0 Å². The lowest BCUT2D eigenvalue weighted by Crippen LogP contribution is -2.32. The fourth-order valence-corrected chi connectivity index (χ4v) is 2.05. The molecule has 2 unspecified atom stereocenters. The highest BCUT2D eigenvalue weighted by molar-refractivity contribution is 7.99. The second kappa shape index (κ2) is 6.22. The molecule has 0 aromatic heterocycles. The molecule has 3 nitrogen and oxygen atoms in total. The molecule has 0 aliphatic heterocycles. The number of hydrogen-bond donors (Lipinski definition) is 2. The molecule has 0 saturated heterocycles. The molecule has 15 heavy (non-hydrogen) atoms. The second-order valence-electron chi connectivity index (χ2n) is 3.27. The van der Waals surface area contributed by atoms with Gasteiger partial charge in [-0.1, -0.05) is 0 Å². The topological polar surface area (TPSA) is 63.3 Å². The van der Waals surface area contributed by atoms with E-state index in [4.69, 9.17) is 10.8 Å². The number of aliphatic carboxylic acids is 1. The zero-order chi connectivity index (χ0) is 12.1. The highest BCUT2D eigenvalue weighted by Crippen LogP contribution is 2.29. The van der Waals surface area contributed by atoms with Crippen LogP contribution in [0, 0.1) is 5.92 Å². The Morgan fingerprint density at radius 2 is 2.07 bits per heavy atom. The summed E-state index contributed by atoms with van der Waals surface area (Å²) in [5, 5.41) is 8.36. The second-order valence-corrected chi connectivity index (χ2v) is 4.42. The van der Waals surface area contributed by atoms with Gasteiger partial charge >= 0.3 is 12.1 Å². The van der Waals surface area contributed by atoms with E-state index in [1.54, 1.807) is 6.92 Å². The highest BCUT2D eigenvalue weighted by atomic mass is 32.2. The third kappa shape index (κ3) is 6.62.